The van der Waals surface area contributed by atoms with Crippen molar-refractivity contribution in [1.82, 2.24) is 15.0 Å². The Kier molecular flexibility index (Phi) is 3.13. The van der Waals surface area contributed by atoms with Crippen LogP contribution in [0.2, 0.25) is 0 Å². The highest BCUT2D eigenvalue weighted by Crippen LogP contribution is 2.38. The highest BCUT2D eigenvalue weighted by molar-refractivity contribution is 6.08. The van der Waals surface area contributed by atoms with E-state index >= 15 is 0 Å². The van der Waals surface area contributed by atoms with E-state index in [1.807, 2.05) is 18.2 Å². The number of anilines is 2. The summed E-state index contributed by atoms with van der Waals surface area (Å²) in [6.07, 6.45) is 3.81. The van der Waals surface area contributed by atoms with Gasteiger partial charge in [0, 0.05) is 23.1 Å². The van der Waals surface area contributed by atoms with Gasteiger partial charge >= 0.3 is 0 Å². The first-order chi connectivity index (χ1) is 12.3. The fourth-order valence-corrected chi connectivity index (χ4v) is 3.75. The molecule has 1 aliphatic heterocycles. The molecule has 0 amide bonds. The Morgan fingerprint density at radius 1 is 1.12 bits per heavy atom. The maximum Gasteiger partial charge on any atom is 0.160 e. The molecule has 1 N–H and O–H groups in total. The minimum atomic E-state index is 0.902. The van der Waals surface area contributed by atoms with Crippen LogP contribution in [0, 0.1) is 0 Å². The zero-order valence-electron chi connectivity index (χ0n) is 14.0. The normalized spacial score (nSPS) is 14.0. The molecule has 0 radical (unpaired) electrons. The van der Waals surface area contributed by atoms with Crippen molar-refractivity contribution in [1.29, 1.82) is 0 Å². The Bertz CT molecular complexity index is 1090. The molecule has 3 heterocycles. The van der Waals surface area contributed by atoms with Gasteiger partial charge in [-0.2, -0.15) is 0 Å². The zero-order valence-corrected chi connectivity index (χ0v) is 14.0. The number of para-hydroxylation sites is 1. The van der Waals surface area contributed by atoms with E-state index in [0.717, 1.165) is 52.9 Å². The Labute approximate surface area is 145 Å². The lowest BCUT2D eigenvalue weighted by molar-refractivity contribution is 0.414. The van der Waals surface area contributed by atoms with Gasteiger partial charge in [-0.25, -0.2) is 9.97 Å². The number of fused-ring (bicyclic) bond motifs is 4. The summed E-state index contributed by atoms with van der Waals surface area (Å²) in [4.78, 5) is 14.9. The van der Waals surface area contributed by atoms with Gasteiger partial charge < -0.3 is 14.6 Å². The van der Waals surface area contributed by atoms with Crippen LogP contribution in [0.3, 0.4) is 0 Å². The van der Waals surface area contributed by atoms with Crippen molar-refractivity contribution >= 4 is 33.4 Å². The first kappa shape index (κ1) is 14.3. The number of nitrogens with zero attached hydrogens (tertiary/aromatic N) is 3. The fourth-order valence-electron chi connectivity index (χ4n) is 3.75. The van der Waals surface area contributed by atoms with Crippen LogP contribution in [-0.2, 0) is 6.42 Å². The molecular weight excluding hydrogens is 312 g/mol. The molecule has 0 fully saturated rings. The quantitative estimate of drug-likeness (QED) is 0.598. The molecule has 0 saturated carbocycles. The molecule has 2 aromatic carbocycles. The predicted molar refractivity (Wildman–Crippen MR) is 99.7 cm³/mol. The van der Waals surface area contributed by atoms with Crippen LogP contribution in [0.15, 0.2) is 48.8 Å². The van der Waals surface area contributed by atoms with Crippen LogP contribution < -0.4 is 9.64 Å². The first-order valence-electron chi connectivity index (χ1n) is 8.51. The molecule has 5 rings (SSSR count). The minimum absolute atomic E-state index is 0.902. The molecule has 0 unspecified atom stereocenters. The largest absolute Gasteiger partial charge is 0.497 e. The summed E-state index contributed by atoms with van der Waals surface area (Å²) in [5.41, 5.74) is 5.55. The minimum Gasteiger partial charge on any atom is -0.497 e. The lowest BCUT2D eigenvalue weighted by Gasteiger charge is -2.30. The number of H-pyrrole nitrogens is 1. The van der Waals surface area contributed by atoms with Gasteiger partial charge in [-0.15, -0.1) is 0 Å². The topological polar surface area (TPSA) is 54.0 Å². The lowest BCUT2D eigenvalue weighted by Crippen LogP contribution is -2.25. The Balaban J connectivity index is 1.72. The van der Waals surface area contributed by atoms with E-state index in [4.69, 9.17) is 4.74 Å². The number of rotatable bonds is 2. The van der Waals surface area contributed by atoms with Gasteiger partial charge in [0.1, 0.15) is 23.1 Å². The molecule has 0 saturated heterocycles. The average molecular weight is 330 g/mol. The van der Waals surface area contributed by atoms with Crippen LogP contribution in [0.1, 0.15) is 12.0 Å². The van der Waals surface area contributed by atoms with Crippen LogP contribution in [0.5, 0.6) is 5.75 Å². The molecule has 0 atom stereocenters. The molecule has 124 valence electrons. The summed E-state index contributed by atoms with van der Waals surface area (Å²) >= 11 is 0. The van der Waals surface area contributed by atoms with E-state index in [2.05, 4.69) is 44.1 Å². The second-order valence-electron chi connectivity index (χ2n) is 6.34. The number of aromatic nitrogens is 3. The molecule has 5 heteroatoms. The van der Waals surface area contributed by atoms with Crippen LogP contribution in [0.4, 0.5) is 11.5 Å². The van der Waals surface area contributed by atoms with E-state index in [1.54, 1.807) is 13.4 Å². The van der Waals surface area contributed by atoms with Crippen molar-refractivity contribution in [2.24, 2.45) is 0 Å². The zero-order chi connectivity index (χ0) is 16.8. The summed E-state index contributed by atoms with van der Waals surface area (Å²) in [7, 11) is 1.71. The number of benzene rings is 2. The maximum atomic E-state index is 5.38. The molecule has 0 bridgehead atoms. The van der Waals surface area contributed by atoms with Gasteiger partial charge in [-0.3, -0.25) is 0 Å². The molecule has 1 aliphatic rings. The SMILES string of the molecule is COc1ccc2c(c1)CCCN2c1ncnc2c1[nH]c1ccccc12. The number of aryl methyl sites for hydroxylation is 1. The van der Waals surface area contributed by atoms with Gasteiger partial charge in [-0.1, -0.05) is 18.2 Å². The van der Waals surface area contributed by atoms with Crippen molar-refractivity contribution in [3.8, 4) is 5.75 Å². The third-order valence-corrected chi connectivity index (χ3v) is 4.93. The molecule has 2 aromatic heterocycles. The number of nitrogens with one attached hydrogen (secondary N) is 1. The third kappa shape index (κ3) is 2.16. The standard InChI is InChI=1S/C20H18N4O/c1-25-14-8-9-17-13(11-14)5-4-10-24(17)20-19-18(21-12-22-20)15-6-2-3-7-16(15)23-19/h2-3,6-9,11-12,23H,4-5,10H2,1H3. The van der Waals surface area contributed by atoms with E-state index < -0.39 is 0 Å². The number of hydrogen-bond acceptors (Lipinski definition) is 4. The highest BCUT2D eigenvalue weighted by Gasteiger charge is 2.23. The van der Waals surface area contributed by atoms with E-state index in [9.17, 15) is 0 Å². The smallest absolute Gasteiger partial charge is 0.160 e. The third-order valence-electron chi connectivity index (χ3n) is 4.93. The number of ether oxygens (including phenoxy) is 1. The molecule has 0 aliphatic carbocycles. The molecule has 25 heavy (non-hydrogen) atoms. The second kappa shape index (κ2) is 5.48. The first-order valence-corrected chi connectivity index (χ1v) is 8.51. The van der Waals surface area contributed by atoms with Crippen molar-refractivity contribution in [2.45, 2.75) is 12.8 Å². The Morgan fingerprint density at radius 2 is 2.04 bits per heavy atom. The fraction of sp³-hybridized carbons (Fsp3) is 0.200. The van der Waals surface area contributed by atoms with Gasteiger partial charge in [-0.05, 0) is 42.7 Å². The van der Waals surface area contributed by atoms with Crippen molar-refractivity contribution in [3.63, 3.8) is 0 Å². The van der Waals surface area contributed by atoms with Gasteiger partial charge in [0.2, 0.25) is 0 Å². The number of methoxy groups -OCH3 is 1. The maximum absolute atomic E-state index is 5.38. The Hall–Kier alpha value is -3.08. The predicted octanol–water partition coefficient (Wildman–Crippen LogP) is 4.20. The summed E-state index contributed by atoms with van der Waals surface area (Å²) in [6.45, 7) is 0.945. The van der Waals surface area contributed by atoms with Crippen molar-refractivity contribution < 1.29 is 4.74 Å². The van der Waals surface area contributed by atoms with Crippen molar-refractivity contribution in [2.75, 3.05) is 18.6 Å². The van der Waals surface area contributed by atoms with Gasteiger partial charge in [0.25, 0.3) is 0 Å². The monoisotopic (exact) mass is 330 g/mol. The van der Waals surface area contributed by atoms with E-state index in [1.165, 1.54) is 11.3 Å². The van der Waals surface area contributed by atoms with Gasteiger partial charge in [0.05, 0.1) is 7.11 Å². The summed E-state index contributed by atoms with van der Waals surface area (Å²) in [5.74, 6) is 1.84. The summed E-state index contributed by atoms with van der Waals surface area (Å²) in [6, 6.07) is 14.5. The van der Waals surface area contributed by atoms with Crippen LogP contribution in [0.25, 0.3) is 21.9 Å². The Morgan fingerprint density at radius 3 is 2.96 bits per heavy atom. The number of hydrogen-bond donors (Lipinski definition) is 1. The molecular formula is C20H18N4O. The average Bonchev–Trinajstić information content (AvgIpc) is 3.06. The number of aromatic amines is 1. The second-order valence-corrected chi connectivity index (χ2v) is 6.34. The highest BCUT2D eigenvalue weighted by atomic mass is 16.5. The molecule has 0 spiro atoms. The summed E-state index contributed by atoms with van der Waals surface area (Å²) < 4.78 is 5.38. The summed E-state index contributed by atoms with van der Waals surface area (Å²) in [5, 5.41) is 1.13. The molecule has 5 nitrogen and oxygen atoms in total. The van der Waals surface area contributed by atoms with E-state index in [0.29, 0.717) is 0 Å². The van der Waals surface area contributed by atoms with E-state index in [-0.39, 0.29) is 0 Å². The lowest BCUT2D eigenvalue weighted by atomic mass is 10.0. The van der Waals surface area contributed by atoms with Crippen LogP contribution >= 0.6 is 0 Å². The molecule has 4 aromatic rings. The van der Waals surface area contributed by atoms with Crippen LogP contribution in [-0.4, -0.2) is 28.6 Å². The van der Waals surface area contributed by atoms with Crippen molar-refractivity contribution in [3.05, 3.63) is 54.4 Å². The van der Waals surface area contributed by atoms with Gasteiger partial charge in [0.15, 0.2) is 5.82 Å².